The smallest absolute Gasteiger partial charge is 0.332 e. The van der Waals surface area contributed by atoms with E-state index < -0.39 is 6.03 Å². The number of nitriles is 1. The number of primary amides is 1. The normalized spacial score (nSPS) is 25.2. The molecule has 1 rings (SSSR count). The van der Waals surface area contributed by atoms with E-state index in [1.807, 2.05) is 0 Å². The number of hydrazone groups is 1. The fourth-order valence-electron chi connectivity index (χ4n) is 1.40. The lowest BCUT2D eigenvalue weighted by molar-refractivity contribution is 0.249. The molecule has 1 aliphatic rings. The lowest BCUT2D eigenvalue weighted by Crippen LogP contribution is -2.28. The molecular formula is C8H12N4O. The molecule has 1 atom stereocenters. The number of amides is 2. The first-order valence-electron chi connectivity index (χ1n) is 4.25. The molecule has 0 aliphatic heterocycles. The Labute approximate surface area is 76.6 Å². The van der Waals surface area contributed by atoms with Gasteiger partial charge in [0, 0.05) is 0 Å². The Balaban J connectivity index is 2.59. The molecule has 0 bridgehead atoms. The molecule has 1 fully saturated rings. The summed E-state index contributed by atoms with van der Waals surface area (Å²) in [7, 11) is 0. The van der Waals surface area contributed by atoms with Gasteiger partial charge in [0.2, 0.25) is 0 Å². The molecule has 0 heterocycles. The van der Waals surface area contributed by atoms with Crippen LogP contribution in [0.4, 0.5) is 4.79 Å². The number of nitrogens with one attached hydrogen (secondary N) is 1. The van der Waals surface area contributed by atoms with Crippen LogP contribution in [0.3, 0.4) is 0 Å². The SMILES string of the molecule is N#CC1CCCC/C1=N/NC(N)=O. The van der Waals surface area contributed by atoms with Gasteiger partial charge in [-0.1, -0.05) is 6.42 Å². The van der Waals surface area contributed by atoms with Gasteiger partial charge in [-0.3, -0.25) is 0 Å². The molecule has 5 nitrogen and oxygen atoms in total. The standard InChI is InChI=1S/C8H12N4O/c9-5-6-3-1-2-4-7(6)11-12-8(10)13/h6H,1-4H2,(H3,10,12,13)/b11-7-. The highest BCUT2D eigenvalue weighted by Gasteiger charge is 2.19. The van der Waals surface area contributed by atoms with E-state index in [9.17, 15) is 4.79 Å². The van der Waals surface area contributed by atoms with Gasteiger partial charge in [-0.15, -0.1) is 0 Å². The summed E-state index contributed by atoms with van der Waals surface area (Å²) in [5.74, 6) is -0.152. The molecule has 1 aliphatic carbocycles. The van der Waals surface area contributed by atoms with Crippen molar-refractivity contribution in [2.75, 3.05) is 0 Å². The summed E-state index contributed by atoms with van der Waals surface area (Å²) in [5, 5.41) is 12.6. The van der Waals surface area contributed by atoms with Crippen molar-refractivity contribution in [3.8, 4) is 6.07 Å². The fraction of sp³-hybridized carbons (Fsp3) is 0.625. The first-order chi connectivity index (χ1) is 6.24. The number of hydrogen-bond donors (Lipinski definition) is 2. The second-order valence-corrected chi connectivity index (χ2v) is 3.01. The zero-order chi connectivity index (χ0) is 9.68. The van der Waals surface area contributed by atoms with Crippen LogP contribution < -0.4 is 11.2 Å². The largest absolute Gasteiger partial charge is 0.350 e. The van der Waals surface area contributed by atoms with Crippen molar-refractivity contribution < 1.29 is 4.79 Å². The number of nitrogens with zero attached hydrogens (tertiary/aromatic N) is 2. The van der Waals surface area contributed by atoms with E-state index in [0.717, 1.165) is 31.4 Å². The quantitative estimate of drug-likeness (QED) is 0.582. The first-order valence-corrected chi connectivity index (χ1v) is 4.25. The third kappa shape index (κ3) is 2.75. The molecule has 0 saturated heterocycles. The molecule has 2 amide bonds. The Morgan fingerprint density at radius 3 is 3.08 bits per heavy atom. The Morgan fingerprint density at radius 1 is 1.69 bits per heavy atom. The van der Waals surface area contributed by atoms with Crippen LogP contribution in [0.2, 0.25) is 0 Å². The number of urea groups is 1. The fourth-order valence-corrected chi connectivity index (χ4v) is 1.40. The minimum atomic E-state index is -0.685. The highest BCUT2D eigenvalue weighted by molar-refractivity contribution is 5.90. The average Bonchev–Trinajstić information content (AvgIpc) is 2.15. The van der Waals surface area contributed by atoms with Crippen molar-refractivity contribution in [3.05, 3.63) is 0 Å². The maximum Gasteiger partial charge on any atom is 0.332 e. The summed E-state index contributed by atoms with van der Waals surface area (Å²) >= 11 is 0. The van der Waals surface area contributed by atoms with Gasteiger partial charge in [-0.25, -0.2) is 10.2 Å². The Bertz CT molecular complexity index is 266. The summed E-state index contributed by atoms with van der Waals surface area (Å²) in [6, 6.07) is 1.47. The lowest BCUT2D eigenvalue weighted by Gasteiger charge is -2.17. The molecule has 3 N–H and O–H groups in total. The number of hydrogen-bond acceptors (Lipinski definition) is 3. The van der Waals surface area contributed by atoms with E-state index in [4.69, 9.17) is 11.0 Å². The van der Waals surface area contributed by atoms with Gasteiger partial charge in [-0.05, 0) is 19.3 Å². The van der Waals surface area contributed by atoms with Crippen LogP contribution in [-0.4, -0.2) is 11.7 Å². The predicted octanol–water partition coefficient (Wildman–Crippen LogP) is 0.724. The van der Waals surface area contributed by atoms with Crippen LogP contribution in [0.25, 0.3) is 0 Å². The molecule has 70 valence electrons. The lowest BCUT2D eigenvalue weighted by atomic mass is 9.88. The van der Waals surface area contributed by atoms with Crippen LogP contribution in [-0.2, 0) is 0 Å². The van der Waals surface area contributed by atoms with E-state index in [-0.39, 0.29) is 5.92 Å². The molecule has 0 aromatic carbocycles. The molecular weight excluding hydrogens is 168 g/mol. The molecule has 1 saturated carbocycles. The zero-order valence-electron chi connectivity index (χ0n) is 7.29. The van der Waals surface area contributed by atoms with Gasteiger partial charge in [0.1, 0.15) is 0 Å². The number of nitrogens with two attached hydrogens (primary N) is 1. The molecule has 5 heteroatoms. The zero-order valence-corrected chi connectivity index (χ0v) is 7.29. The van der Waals surface area contributed by atoms with E-state index in [1.54, 1.807) is 0 Å². The van der Waals surface area contributed by atoms with Crippen LogP contribution in [0.1, 0.15) is 25.7 Å². The third-order valence-electron chi connectivity index (χ3n) is 2.04. The summed E-state index contributed by atoms with van der Waals surface area (Å²) in [4.78, 5) is 10.4. The summed E-state index contributed by atoms with van der Waals surface area (Å²) in [5.41, 5.74) is 7.75. The number of rotatable bonds is 1. The second kappa shape index (κ2) is 4.45. The topological polar surface area (TPSA) is 91.3 Å². The van der Waals surface area contributed by atoms with E-state index in [0.29, 0.717) is 0 Å². The van der Waals surface area contributed by atoms with E-state index in [1.165, 1.54) is 0 Å². The van der Waals surface area contributed by atoms with Gasteiger partial charge < -0.3 is 5.73 Å². The van der Waals surface area contributed by atoms with Crippen LogP contribution in [0, 0.1) is 17.2 Å². The number of carbonyl (C=O) groups is 1. The van der Waals surface area contributed by atoms with Crippen LogP contribution in [0.15, 0.2) is 5.10 Å². The van der Waals surface area contributed by atoms with Crippen LogP contribution in [0.5, 0.6) is 0 Å². The van der Waals surface area contributed by atoms with Gasteiger partial charge >= 0.3 is 6.03 Å². The monoisotopic (exact) mass is 180 g/mol. The van der Waals surface area contributed by atoms with Crippen molar-refractivity contribution in [1.29, 1.82) is 5.26 Å². The molecule has 0 spiro atoms. The summed E-state index contributed by atoms with van der Waals surface area (Å²) in [6.07, 6.45) is 3.68. The van der Waals surface area contributed by atoms with Crippen molar-refractivity contribution in [3.63, 3.8) is 0 Å². The Morgan fingerprint density at radius 2 is 2.46 bits per heavy atom. The highest BCUT2D eigenvalue weighted by Crippen LogP contribution is 2.20. The van der Waals surface area contributed by atoms with Crippen molar-refractivity contribution >= 4 is 11.7 Å². The van der Waals surface area contributed by atoms with Gasteiger partial charge in [0.05, 0.1) is 17.7 Å². The van der Waals surface area contributed by atoms with E-state index in [2.05, 4.69) is 16.6 Å². The van der Waals surface area contributed by atoms with Crippen molar-refractivity contribution in [2.24, 2.45) is 16.8 Å². The van der Waals surface area contributed by atoms with E-state index >= 15 is 0 Å². The average molecular weight is 180 g/mol. The van der Waals surface area contributed by atoms with Crippen molar-refractivity contribution in [2.45, 2.75) is 25.7 Å². The maximum absolute atomic E-state index is 10.4. The minimum Gasteiger partial charge on any atom is -0.350 e. The maximum atomic E-state index is 10.4. The predicted molar refractivity (Wildman–Crippen MR) is 47.7 cm³/mol. The summed E-state index contributed by atoms with van der Waals surface area (Å²) < 4.78 is 0. The first kappa shape index (κ1) is 9.52. The van der Waals surface area contributed by atoms with Gasteiger partial charge in [-0.2, -0.15) is 10.4 Å². The molecule has 0 radical (unpaired) electrons. The Hall–Kier alpha value is -1.57. The second-order valence-electron chi connectivity index (χ2n) is 3.01. The van der Waals surface area contributed by atoms with Crippen LogP contribution >= 0.6 is 0 Å². The summed E-state index contributed by atoms with van der Waals surface area (Å²) in [6.45, 7) is 0. The Kier molecular flexibility index (Phi) is 3.26. The molecule has 13 heavy (non-hydrogen) atoms. The molecule has 1 unspecified atom stereocenters. The van der Waals surface area contributed by atoms with Crippen molar-refractivity contribution in [1.82, 2.24) is 5.43 Å². The molecule has 0 aromatic rings. The third-order valence-corrected chi connectivity index (χ3v) is 2.04. The molecule has 0 aromatic heterocycles. The number of carbonyl (C=O) groups excluding carboxylic acids is 1. The van der Waals surface area contributed by atoms with Gasteiger partial charge in [0.25, 0.3) is 0 Å². The van der Waals surface area contributed by atoms with Gasteiger partial charge in [0.15, 0.2) is 0 Å². The highest BCUT2D eigenvalue weighted by atomic mass is 16.2. The minimum absolute atomic E-state index is 0.152.